The molecule has 26 heavy (non-hydrogen) atoms. The highest BCUT2D eigenvalue weighted by Crippen LogP contribution is 2.27. The molecule has 0 saturated carbocycles. The fourth-order valence-corrected chi connectivity index (χ4v) is 3.46. The number of hydrogen-bond donors (Lipinski definition) is 3. The standard InChI is InChI=1S/C16H17N5O3S2/c1-9-8-12(18-14(22)10-4-3-7-24-10)26-13(9)15(23)17-6-5-11-19-20-16(25)21(11)2/h3-4,7-8H,5-6H2,1-2H3,(H,17,23)(H,18,22)(H,20,25). The first-order valence-corrected chi connectivity index (χ1v) is 9.02. The van der Waals surface area contributed by atoms with Gasteiger partial charge in [0.2, 0.25) is 0 Å². The van der Waals surface area contributed by atoms with E-state index in [9.17, 15) is 9.59 Å². The molecule has 0 unspecified atom stereocenters. The van der Waals surface area contributed by atoms with Crippen LogP contribution in [0.3, 0.4) is 0 Å². The minimum atomic E-state index is -0.353. The third-order valence-electron chi connectivity index (χ3n) is 3.71. The monoisotopic (exact) mass is 391 g/mol. The van der Waals surface area contributed by atoms with Gasteiger partial charge in [-0.3, -0.25) is 14.7 Å². The number of amides is 2. The Hall–Kier alpha value is -2.72. The van der Waals surface area contributed by atoms with E-state index in [1.807, 2.05) is 14.0 Å². The van der Waals surface area contributed by atoms with Gasteiger partial charge in [0.05, 0.1) is 16.1 Å². The number of furan rings is 1. The number of carbonyl (C=O) groups excluding carboxylic acids is 2. The number of nitrogens with one attached hydrogen (secondary N) is 3. The van der Waals surface area contributed by atoms with Gasteiger partial charge in [0.1, 0.15) is 5.82 Å². The van der Waals surface area contributed by atoms with E-state index in [4.69, 9.17) is 16.6 Å². The molecule has 8 nitrogen and oxygen atoms in total. The second kappa shape index (κ2) is 7.67. The van der Waals surface area contributed by atoms with Crippen molar-refractivity contribution in [1.29, 1.82) is 0 Å². The van der Waals surface area contributed by atoms with Gasteiger partial charge in [0, 0.05) is 20.0 Å². The van der Waals surface area contributed by atoms with E-state index in [2.05, 4.69) is 20.8 Å². The number of hydrogen-bond acceptors (Lipinski definition) is 6. The molecule has 2 amide bonds. The van der Waals surface area contributed by atoms with Crippen molar-refractivity contribution in [3.63, 3.8) is 0 Å². The van der Waals surface area contributed by atoms with Crippen molar-refractivity contribution in [3.8, 4) is 0 Å². The van der Waals surface area contributed by atoms with Crippen LogP contribution in [0.5, 0.6) is 0 Å². The fraction of sp³-hybridized carbons (Fsp3) is 0.250. The number of aromatic amines is 1. The Bertz CT molecular complexity index is 984. The Morgan fingerprint density at radius 2 is 2.23 bits per heavy atom. The molecule has 3 rings (SSSR count). The molecule has 0 aliphatic rings. The molecule has 136 valence electrons. The summed E-state index contributed by atoms with van der Waals surface area (Å²) in [5.74, 6) is 0.441. The first-order chi connectivity index (χ1) is 12.5. The van der Waals surface area contributed by atoms with Gasteiger partial charge in [-0.25, -0.2) is 0 Å². The zero-order chi connectivity index (χ0) is 18.7. The average Bonchev–Trinajstić information content (AvgIpc) is 3.32. The zero-order valence-corrected chi connectivity index (χ0v) is 15.8. The lowest BCUT2D eigenvalue weighted by Crippen LogP contribution is -2.26. The van der Waals surface area contributed by atoms with Crippen LogP contribution < -0.4 is 10.6 Å². The van der Waals surface area contributed by atoms with Crippen LogP contribution in [0, 0.1) is 11.7 Å². The number of aryl methyl sites for hydroxylation is 1. The highest BCUT2D eigenvalue weighted by molar-refractivity contribution is 7.71. The van der Waals surface area contributed by atoms with Crippen LogP contribution in [-0.2, 0) is 13.5 Å². The van der Waals surface area contributed by atoms with Gasteiger partial charge in [0.25, 0.3) is 11.8 Å². The second-order valence-corrected chi connectivity index (χ2v) is 7.00. The predicted octanol–water partition coefficient (Wildman–Crippen LogP) is 2.67. The lowest BCUT2D eigenvalue weighted by atomic mass is 10.2. The molecule has 0 aromatic carbocycles. The molecular formula is C16H17N5O3S2. The predicted molar refractivity (Wildman–Crippen MR) is 100 cm³/mol. The largest absolute Gasteiger partial charge is 0.459 e. The minimum absolute atomic E-state index is 0.192. The Balaban J connectivity index is 1.59. The summed E-state index contributed by atoms with van der Waals surface area (Å²) in [4.78, 5) is 24.9. The van der Waals surface area contributed by atoms with Gasteiger partial charge < -0.3 is 19.6 Å². The summed E-state index contributed by atoms with van der Waals surface area (Å²) in [6.45, 7) is 2.25. The molecule has 0 spiro atoms. The van der Waals surface area contributed by atoms with Gasteiger partial charge >= 0.3 is 0 Å². The van der Waals surface area contributed by atoms with Crippen LogP contribution in [-0.4, -0.2) is 33.1 Å². The zero-order valence-electron chi connectivity index (χ0n) is 14.2. The third kappa shape index (κ3) is 3.92. The van der Waals surface area contributed by atoms with Crippen LogP contribution in [0.15, 0.2) is 28.9 Å². The maximum absolute atomic E-state index is 12.4. The van der Waals surface area contributed by atoms with E-state index in [1.165, 1.54) is 17.6 Å². The summed E-state index contributed by atoms with van der Waals surface area (Å²) in [6, 6.07) is 4.98. The first-order valence-electron chi connectivity index (χ1n) is 7.79. The number of rotatable bonds is 6. The molecule has 0 aliphatic carbocycles. The van der Waals surface area contributed by atoms with Gasteiger partial charge in [-0.2, -0.15) is 5.10 Å². The van der Waals surface area contributed by atoms with Gasteiger partial charge in [-0.15, -0.1) is 11.3 Å². The maximum Gasteiger partial charge on any atom is 0.291 e. The van der Waals surface area contributed by atoms with Gasteiger partial charge in [-0.05, 0) is 42.9 Å². The van der Waals surface area contributed by atoms with E-state index in [-0.39, 0.29) is 17.6 Å². The molecule has 0 bridgehead atoms. The summed E-state index contributed by atoms with van der Waals surface area (Å²) >= 11 is 6.27. The normalized spacial score (nSPS) is 10.7. The summed E-state index contributed by atoms with van der Waals surface area (Å²) in [6.07, 6.45) is 1.99. The summed E-state index contributed by atoms with van der Waals surface area (Å²) in [7, 11) is 1.82. The van der Waals surface area contributed by atoms with Crippen molar-refractivity contribution < 1.29 is 14.0 Å². The third-order valence-corrected chi connectivity index (χ3v) is 5.23. The van der Waals surface area contributed by atoms with Crippen LogP contribution in [0.25, 0.3) is 0 Å². The van der Waals surface area contributed by atoms with Crippen molar-refractivity contribution in [1.82, 2.24) is 20.1 Å². The molecule has 3 aromatic heterocycles. The summed E-state index contributed by atoms with van der Waals surface area (Å²) in [5.41, 5.74) is 0.792. The molecule has 3 N–H and O–H groups in total. The van der Waals surface area contributed by atoms with Crippen molar-refractivity contribution in [2.45, 2.75) is 13.3 Å². The van der Waals surface area contributed by atoms with Crippen molar-refractivity contribution in [2.75, 3.05) is 11.9 Å². The van der Waals surface area contributed by atoms with Gasteiger partial charge in [-0.1, -0.05) is 0 Å². The van der Waals surface area contributed by atoms with Crippen molar-refractivity contribution in [2.24, 2.45) is 7.05 Å². The SMILES string of the molecule is Cc1cc(NC(=O)c2ccco2)sc1C(=O)NCCc1n[nH]c(=S)n1C. The molecule has 3 aromatic rings. The number of nitrogens with zero attached hydrogens (tertiary/aromatic N) is 2. The number of H-pyrrole nitrogens is 1. The van der Waals surface area contributed by atoms with E-state index >= 15 is 0 Å². The Morgan fingerprint density at radius 3 is 2.88 bits per heavy atom. The highest BCUT2D eigenvalue weighted by atomic mass is 32.1. The lowest BCUT2D eigenvalue weighted by Gasteiger charge is -2.04. The van der Waals surface area contributed by atoms with Crippen LogP contribution >= 0.6 is 23.6 Å². The molecule has 0 atom stereocenters. The Kier molecular flexibility index (Phi) is 5.33. The average molecular weight is 391 g/mol. The molecule has 0 fully saturated rings. The highest BCUT2D eigenvalue weighted by Gasteiger charge is 2.16. The van der Waals surface area contributed by atoms with E-state index in [1.54, 1.807) is 22.8 Å². The molecule has 0 saturated heterocycles. The molecule has 3 heterocycles. The van der Waals surface area contributed by atoms with E-state index < -0.39 is 0 Å². The van der Waals surface area contributed by atoms with Crippen LogP contribution in [0.2, 0.25) is 0 Å². The van der Waals surface area contributed by atoms with E-state index in [0.29, 0.717) is 27.6 Å². The fourth-order valence-electron chi connectivity index (χ4n) is 2.32. The topological polar surface area (TPSA) is 105 Å². The molecular weight excluding hydrogens is 374 g/mol. The first kappa shape index (κ1) is 18.1. The Morgan fingerprint density at radius 1 is 1.42 bits per heavy atom. The number of anilines is 1. The molecule has 0 radical (unpaired) electrons. The van der Waals surface area contributed by atoms with E-state index in [0.717, 1.165) is 11.4 Å². The summed E-state index contributed by atoms with van der Waals surface area (Å²) in [5, 5.41) is 13.0. The minimum Gasteiger partial charge on any atom is -0.459 e. The maximum atomic E-state index is 12.4. The van der Waals surface area contributed by atoms with Crippen molar-refractivity contribution in [3.05, 3.63) is 51.3 Å². The molecule has 0 aliphatic heterocycles. The quantitative estimate of drug-likeness (QED) is 0.560. The Labute approximate surface area is 158 Å². The second-order valence-electron chi connectivity index (χ2n) is 5.56. The molecule has 10 heteroatoms. The van der Waals surface area contributed by atoms with Crippen LogP contribution in [0.4, 0.5) is 5.00 Å². The van der Waals surface area contributed by atoms with Gasteiger partial charge in [0.15, 0.2) is 10.5 Å². The lowest BCUT2D eigenvalue weighted by molar-refractivity contribution is 0.0955. The number of thiophene rings is 1. The number of aromatic nitrogens is 3. The smallest absolute Gasteiger partial charge is 0.291 e. The van der Waals surface area contributed by atoms with Crippen molar-refractivity contribution >= 4 is 40.4 Å². The van der Waals surface area contributed by atoms with Crippen LogP contribution in [0.1, 0.15) is 31.6 Å². The summed E-state index contributed by atoms with van der Waals surface area (Å²) < 4.78 is 7.36. The number of carbonyl (C=O) groups is 2.